The smallest absolute Gasteiger partial charge is 0.308 e. The Hall–Kier alpha value is -1.32. The highest BCUT2D eigenvalue weighted by atomic mass is 16.4. The Morgan fingerprint density at radius 2 is 1.15 bits per heavy atom. The Kier molecular flexibility index (Phi) is 3.57. The minimum Gasteiger partial charge on any atom is -0.481 e. The summed E-state index contributed by atoms with van der Waals surface area (Å²) < 4.78 is 0. The number of hydrogen-bond donors (Lipinski definition) is 2. The molecule has 4 heteroatoms. The van der Waals surface area contributed by atoms with Crippen LogP contribution in [-0.2, 0) is 9.59 Å². The Balaban J connectivity index is 2.09. The summed E-state index contributed by atoms with van der Waals surface area (Å²) in [5.41, 5.74) is 2.65. The van der Waals surface area contributed by atoms with Crippen LogP contribution in [0.2, 0.25) is 0 Å². The first-order valence-electron chi connectivity index (χ1n) is 7.78. The number of rotatable bonds is 2. The van der Waals surface area contributed by atoms with Gasteiger partial charge in [-0.1, -0.05) is 24.0 Å². The zero-order valence-electron chi connectivity index (χ0n) is 11.7. The lowest BCUT2D eigenvalue weighted by molar-refractivity contribution is -0.159. The highest BCUT2D eigenvalue weighted by Crippen LogP contribution is 2.52. The molecule has 4 nitrogen and oxygen atoms in total. The minimum atomic E-state index is -0.911. The van der Waals surface area contributed by atoms with Gasteiger partial charge in [-0.15, -0.1) is 0 Å². The van der Waals surface area contributed by atoms with Gasteiger partial charge in [0.15, 0.2) is 0 Å². The molecule has 0 unspecified atom stereocenters. The van der Waals surface area contributed by atoms with E-state index < -0.39 is 23.8 Å². The van der Waals surface area contributed by atoms with Gasteiger partial charge in [0, 0.05) is 0 Å². The van der Waals surface area contributed by atoms with E-state index in [0.717, 1.165) is 51.4 Å². The van der Waals surface area contributed by atoms with Gasteiger partial charge in [0.1, 0.15) is 0 Å². The summed E-state index contributed by atoms with van der Waals surface area (Å²) >= 11 is 0. The molecule has 0 heterocycles. The Labute approximate surface area is 118 Å². The van der Waals surface area contributed by atoms with Crippen LogP contribution in [0.4, 0.5) is 0 Å². The maximum Gasteiger partial charge on any atom is 0.308 e. The average molecular weight is 278 g/mol. The van der Waals surface area contributed by atoms with Crippen molar-refractivity contribution >= 4 is 11.9 Å². The molecule has 0 aromatic rings. The third kappa shape index (κ3) is 2.05. The molecule has 0 saturated heterocycles. The highest BCUT2D eigenvalue weighted by molar-refractivity contribution is 5.82. The number of allylic oxidation sites excluding steroid dienone is 2. The largest absolute Gasteiger partial charge is 0.481 e. The summed E-state index contributed by atoms with van der Waals surface area (Å²) in [5.74, 6) is -3.29. The predicted octanol–water partition coefficient (Wildman–Crippen LogP) is 3.08. The third-order valence-corrected chi connectivity index (χ3v) is 5.55. The molecule has 3 rings (SSSR count). The van der Waals surface area contributed by atoms with Crippen LogP contribution in [0.15, 0.2) is 11.1 Å². The van der Waals surface area contributed by atoms with Gasteiger partial charge in [-0.2, -0.15) is 0 Å². The molecule has 0 spiro atoms. The number of hydrogen-bond acceptors (Lipinski definition) is 2. The Morgan fingerprint density at radius 3 is 1.50 bits per heavy atom. The van der Waals surface area contributed by atoms with Crippen LogP contribution in [0.25, 0.3) is 0 Å². The van der Waals surface area contributed by atoms with Crippen LogP contribution < -0.4 is 0 Å². The molecule has 20 heavy (non-hydrogen) atoms. The first-order chi connectivity index (χ1) is 9.61. The van der Waals surface area contributed by atoms with Crippen molar-refractivity contribution in [1.82, 2.24) is 0 Å². The van der Waals surface area contributed by atoms with Gasteiger partial charge >= 0.3 is 11.9 Å². The lowest BCUT2D eigenvalue weighted by atomic mass is 9.57. The van der Waals surface area contributed by atoms with Crippen LogP contribution in [0.5, 0.6) is 0 Å². The predicted molar refractivity (Wildman–Crippen MR) is 73.2 cm³/mol. The van der Waals surface area contributed by atoms with Gasteiger partial charge in [-0.25, -0.2) is 0 Å². The lowest BCUT2D eigenvalue weighted by Crippen LogP contribution is -2.46. The molecule has 2 N–H and O–H groups in total. The van der Waals surface area contributed by atoms with E-state index in [1.54, 1.807) is 0 Å². The van der Waals surface area contributed by atoms with Crippen molar-refractivity contribution in [3.05, 3.63) is 11.1 Å². The maximum absolute atomic E-state index is 11.7. The minimum absolute atomic E-state index is 0.0216. The summed E-state index contributed by atoms with van der Waals surface area (Å²) in [4.78, 5) is 23.4. The molecular weight excluding hydrogens is 256 g/mol. The van der Waals surface area contributed by atoms with Crippen LogP contribution in [0.3, 0.4) is 0 Å². The molecular formula is C16H22O4. The number of aliphatic carboxylic acids is 2. The number of carboxylic acids is 2. The summed E-state index contributed by atoms with van der Waals surface area (Å²) in [6.45, 7) is 0. The topological polar surface area (TPSA) is 74.6 Å². The first-order valence-corrected chi connectivity index (χ1v) is 7.78. The molecule has 0 aromatic heterocycles. The van der Waals surface area contributed by atoms with Gasteiger partial charge in [0.05, 0.1) is 11.8 Å². The lowest BCUT2D eigenvalue weighted by Gasteiger charge is -2.46. The third-order valence-electron chi connectivity index (χ3n) is 5.55. The van der Waals surface area contributed by atoms with E-state index in [1.165, 1.54) is 11.1 Å². The van der Waals surface area contributed by atoms with E-state index in [0.29, 0.717) is 0 Å². The SMILES string of the molecule is O=C(O)[C@H]1[C@H](C(=O)O)[C@@H]2CCCCC2=C2CCCC[C@H]21. The Morgan fingerprint density at radius 1 is 0.750 bits per heavy atom. The summed E-state index contributed by atoms with van der Waals surface area (Å²) in [6, 6.07) is 0. The van der Waals surface area contributed by atoms with E-state index in [9.17, 15) is 19.8 Å². The zero-order chi connectivity index (χ0) is 14.3. The van der Waals surface area contributed by atoms with Crippen LogP contribution in [0.1, 0.15) is 51.4 Å². The molecule has 2 fully saturated rings. The summed E-state index contributed by atoms with van der Waals surface area (Å²) in [5, 5.41) is 19.2. The van der Waals surface area contributed by atoms with Gasteiger partial charge in [-0.3, -0.25) is 9.59 Å². The molecule has 3 aliphatic rings. The number of carbonyl (C=O) groups is 2. The van der Waals surface area contributed by atoms with Crippen LogP contribution in [0, 0.1) is 23.7 Å². The highest BCUT2D eigenvalue weighted by Gasteiger charge is 2.51. The molecule has 4 atom stereocenters. The average Bonchev–Trinajstić information content (AvgIpc) is 2.45. The van der Waals surface area contributed by atoms with Gasteiger partial charge in [-0.05, 0) is 50.4 Å². The fraction of sp³-hybridized carbons (Fsp3) is 0.750. The van der Waals surface area contributed by atoms with E-state index in [2.05, 4.69) is 0 Å². The van der Waals surface area contributed by atoms with E-state index >= 15 is 0 Å². The Bertz CT molecular complexity index is 423. The first kappa shape index (κ1) is 13.7. The standard InChI is InChI=1S/C16H22O4/c17-15(18)13-11-7-3-1-5-9(11)10-6-2-4-8-12(10)14(13)16(19)20/h11-14H,1-8H2,(H,17,18)(H,19,20)/t11-,12-,13-,14-/m1/s1. The van der Waals surface area contributed by atoms with E-state index in [-0.39, 0.29) is 11.8 Å². The second kappa shape index (κ2) is 5.23. The second-order valence-electron chi connectivity index (χ2n) is 6.48. The van der Waals surface area contributed by atoms with Crippen molar-refractivity contribution in [2.45, 2.75) is 51.4 Å². The van der Waals surface area contributed by atoms with Crippen molar-refractivity contribution < 1.29 is 19.8 Å². The molecule has 0 bridgehead atoms. The quantitative estimate of drug-likeness (QED) is 0.761. The van der Waals surface area contributed by atoms with Gasteiger partial charge in [0.25, 0.3) is 0 Å². The molecule has 0 aliphatic heterocycles. The molecule has 110 valence electrons. The van der Waals surface area contributed by atoms with Crippen molar-refractivity contribution in [1.29, 1.82) is 0 Å². The van der Waals surface area contributed by atoms with Crippen molar-refractivity contribution in [3.8, 4) is 0 Å². The van der Waals surface area contributed by atoms with Crippen LogP contribution >= 0.6 is 0 Å². The second-order valence-corrected chi connectivity index (χ2v) is 6.48. The number of carboxylic acid groups (broad SMARTS) is 2. The van der Waals surface area contributed by atoms with E-state index in [1.807, 2.05) is 0 Å². The van der Waals surface area contributed by atoms with Gasteiger partial charge < -0.3 is 10.2 Å². The molecule has 0 aromatic carbocycles. The van der Waals surface area contributed by atoms with Crippen LogP contribution in [-0.4, -0.2) is 22.2 Å². The monoisotopic (exact) mass is 278 g/mol. The van der Waals surface area contributed by atoms with Crippen molar-refractivity contribution in [2.75, 3.05) is 0 Å². The summed E-state index contributed by atoms with van der Waals surface area (Å²) in [6.07, 6.45) is 8.01. The zero-order valence-corrected chi connectivity index (χ0v) is 11.7. The molecule has 2 saturated carbocycles. The maximum atomic E-state index is 11.7. The fourth-order valence-electron chi connectivity index (χ4n) is 4.82. The fourth-order valence-corrected chi connectivity index (χ4v) is 4.82. The van der Waals surface area contributed by atoms with E-state index in [4.69, 9.17) is 0 Å². The molecule has 0 radical (unpaired) electrons. The van der Waals surface area contributed by atoms with Crippen molar-refractivity contribution in [2.24, 2.45) is 23.7 Å². The molecule has 0 amide bonds. The normalized spacial score (nSPS) is 37.0. The summed E-state index contributed by atoms with van der Waals surface area (Å²) in [7, 11) is 0. The molecule has 3 aliphatic carbocycles. The van der Waals surface area contributed by atoms with Crippen molar-refractivity contribution in [3.63, 3.8) is 0 Å². The number of fused-ring (bicyclic) bond motifs is 2. The van der Waals surface area contributed by atoms with Gasteiger partial charge in [0.2, 0.25) is 0 Å².